The fraction of sp³-hybridized carbons (Fsp3) is 0.167. The molecule has 0 heterocycles. The van der Waals surface area contributed by atoms with Crippen molar-refractivity contribution in [2.45, 2.75) is 6.42 Å². The van der Waals surface area contributed by atoms with Crippen LogP contribution in [-0.2, 0) is 24.3 Å². The first-order chi connectivity index (χ1) is 3.43. The van der Waals surface area contributed by atoms with E-state index < -0.39 is 0 Å². The minimum atomic E-state index is 0. The van der Waals surface area contributed by atoms with E-state index in [1.54, 1.807) is 6.08 Å². The van der Waals surface area contributed by atoms with Crippen LogP contribution in [0.1, 0.15) is 9.27 Å². The molecule has 0 amide bonds. The number of allylic oxidation sites excluding steroid dienone is 4. The summed E-state index contributed by atoms with van der Waals surface area (Å²) >= 11 is 0. The van der Waals surface area contributed by atoms with Gasteiger partial charge in [-0.15, -0.1) is 12.2 Å². The van der Waals surface area contributed by atoms with Gasteiger partial charge in [0.15, 0.2) is 0 Å². The third kappa shape index (κ3) is 1.71. The van der Waals surface area contributed by atoms with Crippen LogP contribution in [0.15, 0.2) is 23.8 Å². The van der Waals surface area contributed by atoms with Crippen LogP contribution in [0.5, 0.6) is 0 Å². The molecule has 0 aromatic carbocycles. The van der Waals surface area contributed by atoms with Gasteiger partial charge in [0.25, 0.3) is 0 Å². The van der Waals surface area contributed by atoms with E-state index in [-0.39, 0.29) is 22.3 Å². The van der Waals surface area contributed by atoms with Gasteiger partial charge in [0.2, 0.25) is 0 Å². The average molecular weight is 196 g/mol. The molecule has 45 valence electrons. The molecule has 0 spiro atoms. The third-order valence-corrected chi connectivity index (χ3v) is 0.902. The fourth-order valence-corrected chi connectivity index (χ4v) is 0.523. The Kier molecular flexibility index (Phi) is 3.63. The van der Waals surface area contributed by atoms with Gasteiger partial charge in [-0.05, 0) is 12.7 Å². The monoisotopic (exact) mass is 197 g/mol. The van der Waals surface area contributed by atoms with Crippen molar-refractivity contribution >= 4 is 6.29 Å². The van der Waals surface area contributed by atoms with Crippen molar-refractivity contribution in [3.63, 3.8) is 0 Å². The summed E-state index contributed by atoms with van der Waals surface area (Å²) < 4.78 is 0. The van der Waals surface area contributed by atoms with Crippen LogP contribution < -0.4 is 0 Å². The normalized spacial score (nSPS) is 14.8. The van der Waals surface area contributed by atoms with E-state index in [1.807, 2.05) is 18.4 Å². The minimum Gasteiger partial charge on any atom is -1.00 e. The van der Waals surface area contributed by atoms with Crippen molar-refractivity contribution in [3.05, 3.63) is 23.8 Å². The van der Waals surface area contributed by atoms with Crippen molar-refractivity contribution in [1.29, 1.82) is 0 Å². The number of hydrogen-bond acceptors (Lipinski definition) is 1. The van der Waals surface area contributed by atoms with Crippen molar-refractivity contribution in [2.75, 3.05) is 0 Å². The first kappa shape index (κ1) is 7.77. The molecule has 0 atom stereocenters. The van der Waals surface area contributed by atoms with Crippen LogP contribution >= 0.6 is 0 Å². The van der Waals surface area contributed by atoms with Gasteiger partial charge >= 0.3 is 19.5 Å². The Hall–Kier alpha value is -0.227. The molecule has 2 heteroatoms. The second-order valence-electron chi connectivity index (χ2n) is 1.43. The summed E-state index contributed by atoms with van der Waals surface area (Å²) in [6.45, 7) is 0. The molecule has 0 aromatic heterocycles. The molecule has 0 fully saturated rings. The minimum absolute atomic E-state index is 0. The Bertz CT molecular complexity index is 143. The van der Waals surface area contributed by atoms with Gasteiger partial charge in [-0.25, -0.2) is 6.08 Å². The summed E-state index contributed by atoms with van der Waals surface area (Å²) in [5.41, 5.74) is 0.750. The molecule has 1 radical (unpaired) electrons. The quantitative estimate of drug-likeness (QED) is 0.455. The largest absolute Gasteiger partial charge is 3.00 e. The zero-order valence-corrected chi connectivity index (χ0v) is 5.94. The molecule has 0 bridgehead atoms. The first-order valence-corrected chi connectivity index (χ1v) is 2.17. The van der Waals surface area contributed by atoms with Crippen LogP contribution in [0, 0.1) is 0 Å². The Morgan fingerprint density at radius 2 is 2.50 bits per heavy atom. The topological polar surface area (TPSA) is 17.1 Å². The van der Waals surface area contributed by atoms with E-state index >= 15 is 0 Å². The maximum Gasteiger partial charge on any atom is 3.00 e. The van der Waals surface area contributed by atoms with Crippen molar-refractivity contribution < 1.29 is 27.1 Å². The van der Waals surface area contributed by atoms with Gasteiger partial charge in [0.05, 0.1) is 0 Å². The molecule has 8 heavy (non-hydrogen) atoms. The molecule has 1 rings (SSSR count). The predicted molar refractivity (Wildman–Crippen MR) is 29.8 cm³/mol. The maximum atomic E-state index is 9.77. The second-order valence-corrected chi connectivity index (χ2v) is 1.43. The van der Waals surface area contributed by atoms with Crippen molar-refractivity contribution in [1.82, 2.24) is 0 Å². The maximum absolute atomic E-state index is 9.77. The molecule has 0 aliphatic heterocycles. The molecule has 1 aliphatic rings. The number of hydrogen-bond donors (Lipinski definition) is 0. The zero-order chi connectivity index (χ0) is 5.11. The summed E-state index contributed by atoms with van der Waals surface area (Å²) in [4.78, 5) is 9.77. The van der Waals surface area contributed by atoms with Gasteiger partial charge < -0.3 is 7.65 Å². The molecule has 0 saturated heterocycles. The van der Waals surface area contributed by atoms with E-state index in [1.165, 1.54) is 0 Å². The average Bonchev–Trinajstić information content (AvgIpc) is 2.14. The Morgan fingerprint density at radius 1 is 1.75 bits per heavy atom. The Morgan fingerprint density at radius 3 is 2.75 bits per heavy atom. The first-order valence-electron chi connectivity index (χ1n) is 2.17. The summed E-state index contributed by atoms with van der Waals surface area (Å²) in [6, 6.07) is 0. The molecule has 1 aliphatic carbocycles. The summed E-state index contributed by atoms with van der Waals surface area (Å²) in [7, 11) is 0. The van der Waals surface area contributed by atoms with E-state index in [2.05, 4.69) is 0 Å². The van der Waals surface area contributed by atoms with Gasteiger partial charge in [-0.3, -0.25) is 0 Å². The molecule has 0 unspecified atom stereocenters. The van der Waals surface area contributed by atoms with Crippen LogP contribution in [0.3, 0.4) is 0 Å². The SMILES string of the molecule is O=[C-]C1=CC=CC1.[H-].[H-].[Ru+3]. The van der Waals surface area contributed by atoms with Gasteiger partial charge in [0.1, 0.15) is 0 Å². The summed E-state index contributed by atoms with van der Waals surface area (Å²) in [6.07, 6.45) is 8.14. The summed E-state index contributed by atoms with van der Waals surface area (Å²) in [5.74, 6) is 0. The van der Waals surface area contributed by atoms with Crippen molar-refractivity contribution in [3.8, 4) is 0 Å². The molecule has 1 nitrogen and oxygen atoms in total. The van der Waals surface area contributed by atoms with Gasteiger partial charge in [0, 0.05) is 0 Å². The third-order valence-electron chi connectivity index (χ3n) is 0.902. The molecule has 0 N–H and O–H groups in total. The summed E-state index contributed by atoms with van der Waals surface area (Å²) in [5, 5.41) is 0. The van der Waals surface area contributed by atoms with E-state index in [9.17, 15) is 4.79 Å². The Balaban J connectivity index is -0.000000163. The van der Waals surface area contributed by atoms with Crippen LogP contribution in [0.4, 0.5) is 0 Å². The molecule has 0 saturated carbocycles. The van der Waals surface area contributed by atoms with E-state index in [0.717, 1.165) is 12.0 Å². The molecule has 0 aromatic rings. The van der Waals surface area contributed by atoms with Gasteiger partial charge in [-0.2, -0.15) is 5.57 Å². The van der Waals surface area contributed by atoms with Crippen LogP contribution in [-0.4, -0.2) is 6.29 Å². The van der Waals surface area contributed by atoms with Crippen molar-refractivity contribution in [2.24, 2.45) is 0 Å². The number of carbonyl (C=O) groups excluding carboxylic acids is 1. The zero-order valence-electron chi connectivity index (χ0n) is 6.20. The molecular formula is C6H7ORu. The fourth-order valence-electron chi connectivity index (χ4n) is 0.523. The second kappa shape index (κ2) is 3.74. The van der Waals surface area contributed by atoms with Crippen LogP contribution in [0.2, 0.25) is 0 Å². The number of rotatable bonds is 1. The van der Waals surface area contributed by atoms with E-state index in [0.29, 0.717) is 0 Å². The predicted octanol–water partition coefficient (Wildman–Crippen LogP) is 1.20. The van der Waals surface area contributed by atoms with Crippen LogP contribution in [0.25, 0.3) is 0 Å². The smallest absolute Gasteiger partial charge is 1.00 e. The van der Waals surface area contributed by atoms with Gasteiger partial charge in [-0.1, -0.05) is 0 Å². The molecular weight excluding hydrogens is 189 g/mol. The van der Waals surface area contributed by atoms with E-state index in [4.69, 9.17) is 0 Å². The standard InChI is InChI=1S/C6H5O.Ru.2H/c7-5-6-3-1-2-4-6;;;/h1-3H,4H2;;;/q-1;+3;2*-1. The Labute approximate surface area is 64.2 Å².